The molecule has 0 bridgehead atoms. The Labute approximate surface area is 173 Å². The van der Waals surface area contributed by atoms with Gasteiger partial charge in [-0.2, -0.15) is 4.31 Å². The summed E-state index contributed by atoms with van der Waals surface area (Å²) in [6.07, 6.45) is 0.977. The first kappa shape index (κ1) is 19.9. The second kappa shape index (κ2) is 8.13. The molecular formula is C19H22N4O4S2. The minimum Gasteiger partial charge on any atom is -0.336 e. The van der Waals surface area contributed by atoms with E-state index in [0.717, 1.165) is 5.69 Å². The molecule has 3 heterocycles. The summed E-state index contributed by atoms with van der Waals surface area (Å²) < 4.78 is 27.0. The molecule has 1 aromatic heterocycles. The van der Waals surface area contributed by atoms with E-state index in [2.05, 4.69) is 10.6 Å². The first-order valence-corrected chi connectivity index (χ1v) is 11.8. The highest BCUT2D eigenvalue weighted by molar-refractivity contribution is 7.91. The Morgan fingerprint density at radius 1 is 1.10 bits per heavy atom. The van der Waals surface area contributed by atoms with Crippen molar-refractivity contribution in [3.63, 3.8) is 0 Å². The summed E-state index contributed by atoms with van der Waals surface area (Å²) in [6, 6.07) is 10.4. The monoisotopic (exact) mass is 434 g/mol. The molecule has 154 valence electrons. The third-order valence-corrected chi connectivity index (χ3v) is 8.49. The Kier molecular flexibility index (Phi) is 5.57. The fraction of sp³-hybridized carbons (Fsp3) is 0.368. The molecule has 4 rings (SSSR count). The molecule has 29 heavy (non-hydrogen) atoms. The van der Waals surface area contributed by atoms with Crippen LogP contribution in [0.5, 0.6) is 0 Å². The number of carbonyl (C=O) groups excluding carboxylic acids is 2. The van der Waals surface area contributed by atoms with Gasteiger partial charge in [-0.1, -0.05) is 6.07 Å². The lowest BCUT2D eigenvalue weighted by molar-refractivity contribution is -0.120. The van der Waals surface area contributed by atoms with Crippen LogP contribution in [0.4, 0.5) is 16.2 Å². The normalized spacial score (nSPS) is 18.6. The molecule has 2 saturated heterocycles. The summed E-state index contributed by atoms with van der Waals surface area (Å²) in [6.45, 7) is 1.92. The van der Waals surface area contributed by atoms with Crippen LogP contribution in [-0.2, 0) is 14.8 Å². The summed E-state index contributed by atoms with van der Waals surface area (Å²) in [5.74, 6) is -0.335. The second-order valence-electron chi connectivity index (χ2n) is 7.03. The van der Waals surface area contributed by atoms with Crippen LogP contribution in [0.3, 0.4) is 0 Å². The molecule has 2 aromatic rings. The highest BCUT2D eigenvalue weighted by Gasteiger charge is 2.32. The molecular weight excluding hydrogens is 412 g/mol. The highest BCUT2D eigenvalue weighted by Crippen LogP contribution is 2.27. The van der Waals surface area contributed by atoms with E-state index < -0.39 is 10.0 Å². The third-order valence-electron chi connectivity index (χ3n) is 5.22. The van der Waals surface area contributed by atoms with Crippen LogP contribution in [0.25, 0.3) is 0 Å². The van der Waals surface area contributed by atoms with Crippen LogP contribution in [0.15, 0.2) is 46.0 Å². The van der Waals surface area contributed by atoms with Gasteiger partial charge in [0.2, 0.25) is 5.91 Å². The molecule has 1 aromatic carbocycles. The quantitative estimate of drug-likeness (QED) is 0.754. The van der Waals surface area contributed by atoms with Gasteiger partial charge in [-0.05, 0) is 48.6 Å². The number of hydrogen-bond donors (Lipinski definition) is 2. The molecule has 2 aliphatic heterocycles. The lowest BCUT2D eigenvalue weighted by Crippen LogP contribution is -2.41. The molecule has 0 radical (unpaired) electrons. The van der Waals surface area contributed by atoms with Crippen LogP contribution in [-0.4, -0.2) is 50.8 Å². The second-order valence-corrected chi connectivity index (χ2v) is 10.1. The number of thiophene rings is 1. The molecule has 0 atom stereocenters. The molecule has 10 heteroatoms. The van der Waals surface area contributed by atoms with Crippen molar-refractivity contribution in [3.8, 4) is 0 Å². The van der Waals surface area contributed by atoms with Crippen molar-refractivity contribution in [2.75, 3.05) is 36.4 Å². The highest BCUT2D eigenvalue weighted by atomic mass is 32.2. The molecule has 3 amide bonds. The van der Waals surface area contributed by atoms with Crippen LogP contribution in [0.1, 0.15) is 12.8 Å². The van der Waals surface area contributed by atoms with Gasteiger partial charge >= 0.3 is 6.03 Å². The van der Waals surface area contributed by atoms with Crippen molar-refractivity contribution in [1.82, 2.24) is 9.62 Å². The van der Waals surface area contributed by atoms with Gasteiger partial charge in [0.25, 0.3) is 10.0 Å². The third kappa shape index (κ3) is 4.14. The number of urea groups is 1. The first-order chi connectivity index (χ1) is 13.9. The van der Waals surface area contributed by atoms with Crippen molar-refractivity contribution >= 4 is 44.7 Å². The van der Waals surface area contributed by atoms with Crippen LogP contribution >= 0.6 is 11.3 Å². The summed E-state index contributed by atoms with van der Waals surface area (Å²) in [7, 11) is -3.46. The van der Waals surface area contributed by atoms with E-state index in [0.29, 0.717) is 48.9 Å². The van der Waals surface area contributed by atoms with Crippen LogP contribution in [0.2, 0.25) is 0 Å². The predicted octanol–water partition coefficient (Wildman–Crippen LogP) is 2.32. The summed E-state index contributed by atoms with van der Waals surface area (Å²) >= 11 is 1.21. The Hall–Kier alpha value is -2.43. The molecule has 0 saturated carbocycles. The van der Waals surface area contributed by atoms with Gasteiger partial charge in [0, 0.05) is 43.5 Å². The molecule has 2 aliphatic rings. The molecule has 2 fully saturated rings. The molecule has 0 aliphatic carbocycles. The minimum atomic E-state index is -3.46. The van der Waals surface area contributed by atoms with Crippen molar-refractivity contribution in [3.05, 3.63) is 41.8 Å². The van der Waals surface area contributed by atoms with Gasteiger partial charge in [-0.15, -0.1) is 11.3 Å². The van der Waals surface area contributed by atoms with Gasteiger partial charge in [-0.25, -0.2) is 13.2 Å². The Morgan fingerprint density at radius 3 is 2.41 bits per heavy atom. The maximum Gasteiger partial charge on any atom is 0.321 e. The lowest BCUT2D eigenvalue weighted by Gasteiger charge is -2.30. The Balaban J connectivity index is 1.33. The zero-order valence-corrected chi connectivity index (χ0v) is 17.3. The first-order valence-electron chi connectivity index (χ1n) is 9.45. The van der Waals surface area contributed by atoms with Gasteiger partial charge in [0.15, 0.2) is 0 Å². The number of benzene rings is 1. The number of amides is 3. The average molecular weight is 435 g/mol. The average Bonchev–Trinajstić information content (AvgIpc) is 3.41. The number of rotatable bonds is 5. The number of hydrogen-bond acceptors (Lipinski definition) is 5. The molecule has 2 N–H and O–H groups in total. The number of nitrogens with one attached hydrogen (secondary N) is 2. The van der Waals surface area contributed by atoms with Crippen LogP contribution in [0, 0.1) is 5.92 Å². The minimum absolute atomic E-state index is 0.107. The zero-order chi connectivity index (χ0) is 20.4. The van der Waals surface area contributed by atoms with Crippen molar-refractivity contribution in [1.29, 1.82) is 0 Å². The van der Waals surface area contributed by atoms with Gasteiger partial charge in [-0.3, -0.25) is 9.69 Å². The number of sulfonamides is 1. The Bertz CT molecular complexity index is 982. The van der Waals surface area contributed by atoms with E-state index in [1.165, 1.54) is 15.6 Å². The van der Waals surface area contributed by atoms with E-state index in [9.17, 15) is 18.0 Å². The summed E-state index contributed by atoms with van der Waals surface area (Å²) in [4.78, 5) is 26.0. The largest absolute Gasteiger partial charge is 0.336 e. The summed E-state index contributed by atoms with van der Waals surface area (Å²) in [5.41, 5.74) is 1.44. The fourth-order valence-electron chi connectivity index (χ4n) is 3.58. The van der Waals surface area contributed by atoms with E-state index in [1.54, 1.807) is 46.7 Å². The smallest absolute Gasteiger partial charge is 0.321 e. The van der Waals surface area contributed by atoms with E-state index >= 15 is 0 Å². The van der Waals surface area contributed by atoms with E-state index in [-0.39, 0.29) is 17.9 Å². The van der Waals surface area contributed by atoms with Gasteiger partial charge in [0.05, 0.1) is 0 Å². The number of nitrogens with zero attached hydrogens (tertiary/aromatic N) is 2. The van der Waals surface area contributed by atoms with Crippen molar-refractivity contribution in [2.45, 2.75) is 17.1 Å². The zero-order valence-electron chi connectivity index (χ0n) is 15.7. The number of piperidine rings is 1. The topological polar surface area (TPSA) is 98.8 Å². The molecule has 0 spiro atoms. The standard InChI is InChI=1S/C19H22N4O4S2/c24-18(21-15-3-5-16(6-4-15)23-12-9-20-19(23)25)14-7-10-22(11-8-14)29(26,27)17-2-1-13-28-17/h1-6,13-14H,7-12H2,(H,20,25)(H,21,24). The van der Waals surface area contributed by atoms with Gasteiger partial charge < -0.3 is 10.6 Å². The van der Waals surface area contributed by atoms with Gasteiger partial charge in [0.1, 0.15) is 4.21 Å². The van der Waals surface area contributed by atoms with Crippen LogP contribution < -0.4 is 15.5 Å². The Morgan fingerprint density at radius 2 is 1.83 bits per heavy atom. The molecule has 0 unspecified atom stereocenters. The van der Waals surface area contributed by atoms with E-state index in [1.807, 2.05) is 0 Å². The van der Waals surface area contributed by atoms with Crippen molar-refractivity contribution in [2.24, 2.45) is 5.92 Å². The predicted molar refractivity (Wildman–Crippen MR) is 112 cm³/mol. The maximum atomic E-state index is 12.6. The maximum absolute atomic E-state index is 12.6. The SMILES string of the molecule is O=C(Nc1ccc(N2CCNC2=O)cc1)C1CCN(S(=O)(=O)c2cccs2)CC1. The van der Waals surface area contributed by atoms with E-state index in [4.69, 9.17) is 0 Å². The fourth-order valence-corrected chi connectivity index (χ4v) is 6.20. The number of carbonyl (C=O) groups is 2. The van der Waals surface area contributed by atoms with Crippen molar-refractivity contribution < 1.29 is 18.0 Å². The number of anilines is 2. The molecule has 8 nitrogen and oxygen atoms in total. The summed E-state index contributed by atoms with van der Waals surface area (Å²) in [5, 5.41) is 7.39. The lowest BCUT2D eigenvalue weighted by atomic mass is 9.97.